The van der Waals surface area contributed by atoms with Crippen LogP contribution in [-0.2, 0) is 32.3 Å². The van der Waals surface area contributed by atoms with Crippen LogP contribution in [0.3, 0.4) is 0 Å². The molecule has 1 aliphatic heterocycles. The Morgan fingerprint density at radius 3 is 2.10 bits per heavy atom. The number of hydrogen-bond donors (Lipinski definition) is 1. The first kappa shape index (κ1) is 20.1. The second-order valence-electron chi connectivity index (χ2n) is 6.49. The fourth-order valence-corrected chi connectivity index (χ4v) is 2.99. The van der Waals surface area contributed by atoms with Crippen LogP contribution in [0.4, 0.5) is 4.79 Å². The van der Waals surface area contributed by atoms with Crippen molar-refractivity contribution in [3.8, 4) is 0 Å². The van der Waals surface area contributed by atoms with Gasteiger partial charge in [0.15, 0.2) is 0 Å². The van der Waals surface area contributed by atoms with Gasteiger partial charge in [-0.3, -0.25) is 4.79 Å². The van der Waals surface area contributed by atoms with E-state index in [1.54, 1.807) is 19.2 Å². The lowest BCUT2D eigenvalue weighted by molar-refractivity contribution is -0.152. The van der Waals surface area contributed by atoms with E-state index in [1.807, 2.05) is 48.5 Å². The van der Waals surface area contributed by atoms with E-state index in [9.17, 15) is 14.4 Å². The van der Waals surface area contributed by atoms with Crippen molar-refractivity contribution in [2.75, 3.05) is 7.05 Å². The van der Waals surface area contributed by atoms with Gasteiger partial charge in [-0.25, -0.2) is 14.5 Å². The van der Waals surface area contributed by atoms with Crippen LogP contribution in [-0.4, -0.2) is 36.0 Å². The van der Waals surface area contributed by atoms with Crippen molar-refractivity contribution in [2.45, 2.75) is 25.7 Å². The summed E-state index contributed by atoms with van der Waals surface area (Å²) in [4.78, 5) is 38.7. The molecule has 7 heteroatoms. The molecule has 150 valence electrons. The summed E-state index contributed by atoms with van der Waals surface area (Å²) in [6.45, 7) is 0.0582. The van der Waals surface area contributed by atoms with E-state index < -0.39 is 24.0 Å². The van der Waals surface area contributed by atoms with Crippen molar-refractivity contribution in [2.24, 2.45) is 0 Å². The number of imide groups is 1. The van der Waals surface area contributed by atoms with Crippen LogP contribution < -0.4 is 5.32 Å². The third-order valence-electron chi connectivity index (χ3n) is 4.43. The molecular formula is C22H22N2O5. The lowest BCUT2D eigenvalue weighted by Gasteiger charge is -2.20. The molecule has 1 N–H and O–H groups in total. The number of nitrogens with zero attached hydrogens (tertiary/aromatic N) is 1. The Balaban J connectivity index is 1.70. The standard InChI is InChI=1S/C22H22N2O5/c1-23-13-18-12-19(21(26)28-14-16-8-4-2-5-9-16)24(20(18)25)22(27)29-15-17-10-6-3-7-11-17/h2-11,13,19,23H,12,14-15H2,1H3/b18-13+/t19-/m0/s1. The van der Waals surface area contributed by atoms with Crippen molar-refractivity contribution >= 4 is 18.0 Å². The monoisotopic (exact) mass is 394 g/mol. The number of amides is 2. The summed E-state index contributed by atoms with van der Waals surface area (Å²) in [5.74, 6) is -1.22. The Hall–Kier alpha value is -3.61. The zero-order valence-corrected chi connectivity index (χ0v) is 16.0. The number of benzene rings is 2. The first-order valence-corrected chi connectivity index (χ1v) is 9.21. The second kappa shape index (κ2) is 9.54. The molecule has 1 atom stereocenters. The van der Waals surface area contributed by atoms with Gasteiger partial charge >= 0.3 is 12.1 Å². The highest BCUT2D eigenvalue weighted by Crippen LogP contribution is 2.26. The lowest BCUT2D eigenvalue weighted by Crippen LogP contribution is -2.44. The highest BCUT2D eigenvalue weighted by molar-refractivity contribution is 6.08. The summed E-state index contributed by atoms with van der Waals surface area (Å²) in [5.41, 5.74) is 1.90. The Labute approximate surface area is 168 Å². The van der Waals surface area contributed by atoms with E-state index in [-0.39, 0.29) is 19.6 Å². The molecule has 2 aromatic rings. The third-order valence-corrected chi connectivity index (χ3v) is 4.43. The topological polar surface area (TPSA) is 84.9 Å². The van der Waals surface area contributed by atoms with Crippen LogP contribution in [0.1, 0.15) is 17.5 Å². The zero-order valence-electron chi connectivity index (χ0n) is 16.0. The maximum Gasteiger partial charge on any atom is 0.417 e. The summed E-state index contributed by atoms with van der Waals surface area (Å²) in [5, 5.41) is 2.76. The van der Waals surface area contributed by atoms with Gasteiger partial charge < -0.3 is 14.8 Å². The van der Waals surface area contributed by atoms with E-state index in [0.717, 1.165) is 16.0 Å². The molecule has 1 saturated heterocycles. The maximum absolute atomic E-state index is 12.6. The number of ether oxygens (including phenoxy) is 2. The summed E-state index contributed by atoms with van der Waals surface area (Å²) >= 11 is 0. The van der Waals surface area contributed by atoms with Crippen molar-refractivity contribution in [1.29, 1.82) is 0 Å². The number of nitrogens with one attached hydrogen (secondary N) is 1. The van der Waals surface area contributed by atoms with Gasteiger partial charge in [-0.1, -0.05) is 60.7 Å². The Bertz CT molecular complexity index is 896. The van der Waals surface area contributed by atoms with Crippen LogP contribution >= 0.6 is 0 Å². The molecule has 0 bridgehead atoms. The highest BCUT2D eigenvalue weighted by Gasteiger charge is 2.45. The molecule has 0 spiro atoms. The Morgan fingerprint density at radius 1 is 1.00 bits per heavy atom. The fraction of sp³-hybridized carbons (Fsp3) is 0.227. The number of carbonyl (C=O) groups is 3. The summed E-state index contributed by atoms with van der Waals surface area (Å²) in [6.07, 6.45) is 0.665. The average molecular weight is 394 g/mol. The minimum atomic E-state index is -1.06. The van der Waals surface area contributed by atoms with Gasteiger partial charge in [0.05, 0.1) is 0 Å². The molecule has 1 aliphatic rings. The van der Waals surface area contributed by atoms with Crippen LogP contribution in [0.25, 0.3) is 0 Å². The second-order valence-corrected chi connectivity index (χ2v) is 6.49. The van der Waals surface area contributed by atoms with Crippen molar-refractivity contribution in [1.82, 2.24) is 10.2 Å². The zero-order chi connectivity index (χ0) is 20.6. The van der Waals surface area contributed by atoms with Crippen LogP contribution in [0.5, 0.6) is 0 Å². The fourth-order valence-electron chi connectivity index (χ4n) is 2.99. The van der Waals surface area contributed by atoms with Crippen molar-refractivity contribution in [3.63, 3.8) is 0 Å². The molecule has 3 rings (SSSR count). The lowest BCUT2D eigenvalue weighted by atomic mass is 10.1. The molecule has 29 heavy (non-hydrogen) atoms. The van der Waals surface area contributed by atoms with Crippen molar-refractivity contribution < 1.29 is 23.9 Å². The molecule has 7 nitrogen and oxygen atoms in total. The van der Waals surface area contributed by atoms with E-state index >= 15 is 0 Å². The largest absolute Gasteiger partial charge is 0.459 e. The smallest absolute Gasteiger partial charge is 0.417 e. The summed E-state index contributed by atoms with van der Waals surface area (Å²) < 4.78 is 10.6. The Morgan fingerprint density at radius 2 is 1.55 bits per heavy atom. The van der Waals surface area contributed by atoms with E-state index in [2.05, 4.69) is 5.32 Å². The number of hydrogen-bond acceptors (Lipinski definition) is 6. The molecule has 1 fully saturated rings. The first-order chi connectivity index (χ1) is 14.1. The molecule has 0 aliphatic carbocycles. The quantitative estimate of drug-likeness (QED) is 0.599. The van der Waals surface area contributed by atoms with Crippen LogP contribution in [0.2, 0.25) is 0 Å². The third kappa shape index (κ3) is 5.01. The molecule has 0 saturated carbocycles. The van der Waals surface area contributed by atoms with Crippen molar-refractivity contribution in [3.05, 3.63) is 83.6 Å². The first-order valence-electron chi connectivity index (χ1n) is 9.21. The Kier molecular flexibility index (Phi) is 6.63. The maximum atomic E-state index is 12.6. The van der Waals surface area contributed by atoms with Gasteiger partial charge in [0.2, 0.25) is 0 Å². The van der Waals surface area contributed by atoms with Gasteiger partial charge in [-0.05, 0) is 11.1 Å². The molecule has 2 aromatic carbocycles. The molecule has 0 radical (unpaired) electrons. The van der Waals surface area contributed by atoms with Gasteiger partial charge in [-0.15, -0.1) is 0 Å². The molecular weight excluding hydrogens is 372 g/mol. The minimum absolute atomic E-state index is 0.000309. The van der Waals surface area contributed by atoms with Crippen LogP contribution in [0, 0.1) is 0 Å². The van der Waals surface area contributed by atoms with Crippen LogP contribution in [0.15, 0.2) is 72.4 Å². The summed E-state index contributed by atoms with van der Waals surface area (Å²) in [6, 6.07) is 17.2. The van der Waals surface area contributed by atoms with Gasteiger partial charge in [0, 0.05) is 25.2 Å². The number of carbonyl (C=O) groups excluding carboxylic acids is 3. The van der Waals surface area contributed by atoms with E-state index in [1.165, 1.54) is 6.20 Å². The average Bonchev–Trinajstić information content (AvgIpc) is 3.08. The minimum Gasteiger partial charge on any atom is -0.459 e. The predicted octanol–water partition coefficient (Wildman–Crippen LogP) is 2.77. The SMILES string of the molecule is CN/C=C1\C[C@@H](C(=O)OCc2ccccc2)N(C(=O)OCc2ccccc2)C1=O. The van der Waals surface area contributed by atoms with E-state index in [4.69, 9.17) is 9.47 Å². The molecule has 2 amide bonds. The number of rotatable bonds is 6. The van der Waals surface area contributed by atoms with Gasteiger partial charge in [-0.2, -0.15) is 0 Å². The number of esters is 1. The number of likely N-dealkylation sites (tertiary alicyclic amines) is 1. The molecule has 1 heterocycles. The molecule has 0 unspecified atom stereocenters. The normalized spacial score (nSPS) is 17.3. The van der Waals surface area contributed by atoms with Gasteiger partial charge in [0.25, 0.3) is 5.91 Å². The van der Waals surface area contributed by atoms with Gasteiger partial charge in [0.1, 0.15) is 19.3 Å². The molecule has 0 aromatic heterocycles. The highest BCUT2D eigenvalue weighted by atomic mass is 16.6. The predicted molar refractivity (Wildman–Crippen MR) is 105 cm³/mol. The van der Waals surface area contributed by atoms with E-state index in [0.29, 0.717) is 5.57 Å². The summed E-state index contributed by atoms with van der Waals surface area (Å²) in [7, 11) is 1.64.